The summed E-state index contributed by atoms with van der Waals surface area (Å²) >= 11 is 5.64. The van der Waals surface area contributed by atoms with Crippen LogP contribution in [0.1, 0.15) is 15.9 Å². The SMILES string of the molecule is C=CC(=O)N1CCN(C(=O)c2ccc(NC(=O)Cc3ccc(Cl)c(F)c3)cc2)CC1. The number of hydrogen-bond acceptors (Lipinski definition) is 3. The lowest BCUT2D eigenvalue weighted by molar-refractivity contribution is -0.127. The van der Waals surface area contributed by atoms with Crippen molar-refractivity contribution >= 4 is 35.0 Å². The lowest BCUT2D eigenvalue weighted by Crippen LogP contribution is -2.50. The van der Waals surface area contributed by atoms with Crippen molar-refractivity contribution in [2.45, 2.75) is 6.42 Å². The van der Waals surface area contributed by atoms with Crippen molar-refractivity contribution in [1.82, 2.24) is 9.80 Å². The number of amides is 3. The van der Waals surface area contributed by atoms with Gasteiger partial charge in [0.05, 0.1) is 11.4 Å². The minimum absolute atomic E-state index is 0.00246. The maximum Gasteiger partial charge on any atom is 0.253 e. The molecule has 1 aliphatic rings. The number of halogens is 2. The lowest BCUT2D eigenvalue weighted by atomic mass is 10.1. The number of piperazine rings is 1. The summed E-state index contributed by atoms with van der Waals surface area (Å²) in [6.07, 6.45) is 1.27. The molecular formula is C22H21ClFN3O3. The molecule has 2 aromatic carbocycles. The Kier molecular flexibility index (Phi) is 6.84. The van der Waals surface area contributed by atoms with E-state index in [4.69, 9.17) is 11.6 Å². The van der Waals surface area contributed by atoms with Crippen LogP contribution >= 0.6 is 11.6 Å². The summed E-state index contributed by atoms with van der Waals surface area (Å²) in [4.78, 5) is 39.8. The summed E-state index contributed by atoms with van der Waals surface area (Å²) in [6.45, 7) is 5.32. The van der Waals surface area contributed by atoms with E-state index in [1.54, 1.807) is 40.1 Å². The molecule has 8 heteroatoms. The second kappa shape index (κ2) is 9.54. The van der Waals surface area contributed by atoms with Gasteiger partial charge in [0.15, 0.2) is 0 Å². The van der Waals surface area contributed by atoms with Gasteiger partial charge in [-0.3, -0.25) is 14.4 Å². The highest BCUT2D eigenvalue weighted by Gasteiger charge is 2.23. The standard InChI is InChI=1S/C22H21ClFN3O3/c1-2-21(29)26-9-11-27(12-10-26)22(30)16-4-6-17(7-5-16)25-20(28)14-15-3-8-18(23)19(24)13-15/h2-8,13H,1,9-12,14H2,(H,25,28). The maximum atomic E-state index is 13.5. The van der Waals surface area contributed by atoms with E-state index in [2.05, 4.69) is 11.9 Å². The first-order chi connectivity index (χ1) is 14.4. The van der Waals surface area contributed by atoms with Crippen LogP contribution in [-0.2, 0) is 16.0 Å². The summed E-state index contributed by atoms with van der Waals surface area (Å²) < 4.78 is 13.5. The molecule has 0 spiro atoms. The fourth-order valence-electron chi connectivity index (χ4n) is 3.18. The van der Waals surface area contributed by atoms with Crippen LogP contribution in [0.4, 0.5) is 10.1 Å². The first-order valence-corrected chi connectivity index (χ1v) is 9.79. The Bertz CT molecular complexity index is 970. The van der Waals surface area contributed by atoms with Crippen molar-refractivity contribution < 1.29 is 18.8 Å². The van der Waals surface area contributed by atoms with Crippen molar-refractivity contribution in [3.63, 3.8) is 0 Å². The van der Waals surface area contributed by atoms with Crippen LogP contribution in [0.5, 0.6) is 0 Å². The van der Waals surface area contributed by atoms with Crippen LogP contribution in [0.3, 0.4) is 0 Å². The van der Waals surface area contributed by atoms with Crippen LogP contribution in [-0.4, -0.2) is 53.7 Å². The fraction of sp³-hybridized carbons (Fsp3) is 0.227. The predicted octanol–water partition coefficient (Wildman–Crippen LogP) is 3.13. The molecule has 0 bridgehead atoms. The molecule has 1 aliphatic heterocycles. The molecule has 0 saturated carbocycles. The van der Waals surface area contributed by atoms with Gasteiger partial charge in [0.2, 0.25) is 11.8 Å². The van der Waals surface area contributed by atoms with Crippen LogP contribution in [0.2, 0.25) is 5.02 Å². The molecule has 0 aromatic heterocycles. The molecule has 1 N–H and O–H groups in total. The molecule has 1 heterocycles. The van der Waals surface area contributed by atoms with Gasteiger partial charge in [0, 0.05) is 37.4 Å². The zero-order valence-electron chi connectivity index (χ0n) is 16.2. The van der Waals surface area contributed by atoms with Crippen molar-refractivity contribution in [2.75, 3.05) is 31.5 Å². The Hall–Kier alpha value is -3.19. The number of rotatable bonds is 5. The quantitative estimate of drug-likeness (QED) is 0.742. The van der Waals surface area contributed by atoms with Crippen LogP contribution in [0.15, 0.2) is 55.1 Å². The van der Waals surface area contributed by atoms with Crippen LogP contribution < -0.4 is 5.32 Å². The number of carbonyl (C=O) groups is 3. The average molecular weight is 430 g/mol. The topological polar surface area (TPSA) is 69.7 Å². The van der Waals surface area contributed by atoms with Gasteiger partial charge in [-0.15, -0.1) is 0 Å². The Balaban J connectivity index is 1.55. The van der Waals surface area contributed by atoms with E-state index in [1.165, 1.54) is 18.2 Å². The Morgan fingerprint density at radius 2 is 1.67 bits per heavy atom. The number of benzene rings is 2. The van der Waals surface area contributed by atoms with Gasteiger partial charge < -0.3 is 15.1 Å². The minimum Gasteiger partial charge on any atom is -0.336 e. The molecule has 1 fully saturated rings. The minimum atomic E-state index is -0.570. The largest absolute Gasteiger partial charge is 0.336 e. The summed E-state index contributed by atoms with van der Waals surface area (Å²) in [5, 5.41) is 2.73. The molecule has 30 heavy (non-hydrogen) atoms. The second-order valence-corrected chi connectivity index (χ2v) is 7.28. The van der Waals surface area contributed by atoms with Crippen molar-refractivity contribution in [2.24, 2.45) is 0 Å². The van der Waals surface area contributed by atoms with Gasteiger partial charge in [0.1, 0.15) is 5.82 Å². The molecule has 3 rings (SSSR count). The van der Waals surface area contributed by atoms with E-state index < -0.39 is 5.82 Å². The second-order valence-electron chi connectivity index (χ2n) is 6.87. The Morgan fingerprint density at radius 3 is 2.27 bits per heavy atom. The van der Waals surface area contributed by atoms with Gasteiger partial charge in [-0.25, -0.2) is 4.39 Å². The van der Waals surface area contributed by atoms with E-state index in [1.807, 2.05) is 0 Å². The normalized spacial score (nSPS) is 13.7. The van der Waals surface area contributed by atoms with Gasteiger partial charge in [-0.1, -0.05) is 24.2 Å². The molecule has 6 nitrogen and oxygen atoms in total. The first-order valence-electron chi connectivity index (χ1n) is 9.42. The summed E-state index contributed by atoms with van der Waals surface area (Å²) in [7, 11) is 0. The van der Waals surface area contributed by atoms with Gasteiger partial charge in [-0.2, -0.15) is 0 Å². The average Bonchev–Trinajstić information content (AvgIpc) is 2.76. The van der Waals surface area contributed by atoms with Crippen molar-refractivity contribution in [3.05, 3.63) is 77.1 Å². The van der Waals surface area contributed by atoms with E-state index in [9.17, 15) is 18.8 Å². The van der Waals surface area contributed by atoms with Crippen LogP contribution in [0.25, 0.3) is 0 Å². The third kappa shape index (κ3) is 5.24. The number of anilines is 1. The summed E-state index contributed by atoms with van der Waals surface area (Å²) in [6, 6.07) is 10.8. The van der Waals surface area contributed by atoms with Crippen LogP contribution in [0, 0.1) is 5.82 Å². The molecule has 156 valence electrons. The molecule has 1 saturated heterocycles. The zero-order valence-corrected chi connectivity index (χ0v) is 17.0. The molecular weight excluding hydrogens is 409 g/mol. The van der Waals surface area contributed by atoms with E-state index >= 15 is 0 Å². The molecule has 0 aliphatic carbocycles. The molecule has 0 radical (unpaired) electrons. The number of hydrogen-bond donors (Lipinski definition) is 1. The highest BCUT2D eigenvalue weighted by molar-refractivity contribution is 6.30. The fourth-order valence-corrected chi connectivity index (χ4v) is 3.30. The Morgan fingerprint density at radius 1 is 1.03 bits per heavy atom. The van der Waals surface area contributed by atoms with Crippen molar-refractivity contribution in [1.29, 1.82) is 0 Å². The van der Waals surface area contributed by atoms with Gasteiger partial charge in [0.25, 0.3) is 5.91 Å². The molecule has 0 unspecified atom stereocenters. The van der Waals surface area contributed by atoms with Gasteiger partial charge >= 0.3 is 0 Å². The monoisotopic (exact) mass is 429 g/mol. The first kappa shape index (κ1) is 21.5. The van der Waals surface area contributed by atoms with E-state index in [0.29, 0.717) is 43.0 Å². The third-order valence-corrected chi connectivity index (χ3v) is 5.12. The summed E-state index contributed by atoms with van der Waals surface area (Å²) in [5.41, 5.74) is 1.54. The smallest absolute Gasteiger partial charge is 0.253 e. The van der Waals surface area contributed by atoms with E-state index in [0.717, 1.165) is 0 Å². The Labute approximate surface area is 178 Å². The number of nitrogens with one attached hydrogen (secondary N) is 1. The highest BCUT2D eigenvalue weighted by atomic mass is 35.5. The van der Waals surface area contributed by atoms with Crippen molar-refractivity contribution in [3.8, 4) is 0 Å². The number of nitrogens with zero attached hydrogens (tertiary/aromatic N) is 2. The summed E-state index contributed by atoms with van der Waals surface area (Å²) in [5.74, 6) is -1.14. The highest BCUT2D eigenvalue weighted by Crippen LogP contribution is 2.17. The third-order valence-electron chi connectivity index (χ3n) is 4.82. The number of carbonyl (C=O) groups excluding carboxylic acids is 3. The molecule has 2 aromatic rings. The predicted molar refractivity (Wildman–Crippen MR) is 113 cm³/mol. The molecule has 3 amide bonds. The molecule has 0 atom stereocenters. The lowest BCUT2D eigenvalue weighted by Gasteiger charge is -2.34. The van der Waals surface area contributed by atoms with E-state index in [-0.39, 0.29) is 29.2 Å². The zero-order chi connectivity index (χ0) is 21.7. The maximum absolute atomic E-state index is 13.5. The van der Waals surface area contributed by atoms with Gasteiger partial charge in [-0.05, 0) is 48.0 Å².